The maximum Gasteiger partial charge on any atom is 0.538 e. The second-order valence-electron chi connectivity index (χ2n) is 3.24. The number of carbonyl (C=O) groups is 1. The molecule has 0 aromatic rings. The van der Waals surface area contributed by atoms with E-state index in [9.17, 15) is 13.9 Å². The largest absolute Gasteiger partial charge is 0.538 e. The minimum Gasteiger partial charge on any atom is -0.509 e. The van der Waals surface area contributed by atoms with E-state index in [0.717, 1.165) is 0 Å². The molecule has 18 heavy (non-hydrogen) atoms. The Morgan fingerprint density at radius 1 is 1.17 bits per heavy atom. The summed E-state index contributed by atoms with van der Waals surface area (Å²) < 4.78 is 28.2. The van der Waals surface area contributed by atoms with Gasteiger partial charge in [-0.3, -0.25) is 4.89 Å². The minimum absolute atomic E-state index is 0.128. The molecule has 12 heteroatoms. The molecule has 0 saturated carbocycles. The topological polar surface area (TPSA) is 171 Å². The zero-order valence-electron chi connectivity index (χ0n) is 9.25. The van der Waals surface area contributed by atoms with E-state index in [0.29, 0.717) is 0 Å². The van der Waals surface area contributed by atoms with Gasteiger partial charge in [0.15, 0.2) is 0 Å². The van der Waals surface area contributed by atoms with Gasteiger partial charge in [-0.25, -0.2) is 13.9 Å². The first kappa shape index (κ1) is 17.3. The summed E-state index contributed by atoms with van der Waals surface area (Å²) in [5.74, 6) is -2.62. The van der Waals surface area contributed by atoms with Crippen molar-refractivity contribution in [1.29, 1.82) is 0 Å². The maximum absolute atomic E-state index is 11.1. The van der Waals surface area contributed by atoms with E-state index in [4.69, 9.17) is 24.9 Å². The summed E-state index contributed by atoms with van der Waals surface area (Å²) in [6.45, 7) is 2.66. The highest BCUT2D eigenvalue weighted by Crippen LogP contribution is 2.57. The highest BCUT2D eigenvalue weighted by atomic mass is 31.3. The lowest BCUT2D eigenvalue weighted by Crippen LogP contribution is -2.25. The van der Waals surface area contributed by atoms with Gasteiger partial charge in [-0.05, 0) is 19.4 Å². The molecule has 2 atom stereocenters. The predicted octanol–water partition coefficient (Wildman–Crippen LogP) is -0.0479. The number of hydrogen-bond donors (Lipinski definition) is 5. The van der Waals surface area contributed by atoms with Crippen LogP contribution < -0.4 is 0 Å². The SMILES string of the molecule is CC(C)=C(O)C(O)C(=O)OP(=O)(O)OP(=O)(O)O. The summed E-state index contributed by atoms with van der Waals surface area (Å²) in [4.78, 5) is 36.3. The molecule has 0 aliphatic carbocycles. The number of rotatable bonds is 5. The molecule has 0 amide bonds. The fourth-order valence-electron chi connectivity index (χ4n) is 0.700. The number of aliphatic hydroxyl groups excluding tert-OH is 2. The number of aliphatic hydroxyl groups is 2. The Labute approximate surface area is 101 Å². The fraction of sp³-hybridized carbons (Fsp3) is 0.500. The number of allylic oxidation sites excluding steroid dienone is 1. The van der Waals surface area contributed by atoms with Crippen LogP contribution in [0.4, 0.5) is 0 Å². The Hall–Kier alpha value is -0.730. The van der Waals surface area contributed by atoms with Gasteiger partial charge >= 0.3 is 21.6 Å². The Morgan fingerprint density at radius 2 is 1.61 bits per heavy atom. The molecule has 0 fully saturated rings. The van der Waals surface area contributed by atoms with E-state index in [1.165, 1.54) is 13.8 Å². The van der Waals surface area contributed by atoms with Crippen molar-refractivity contribution in [3.8, 4) is 0 Å². The molecule has 0 saturated heterocycles. The van der Waals surface area contributed by atoms with Gasteiger partial charge in [0.2, 0.25) is 6.10 Å². The van der Waals surface area contributed by atoms with Gasteiger partial charge in [-0.1, -0.05) is 0 Å². The summed E-state index contributed by atoms with van der Waals surface area (Å²) >= 11 is 0. The van der Waals surface area contributed by atoms with Crippen LogP contribution in [0.3, 0.4) is 0 Å². The number of hydrogen-bond acceptors (Lipinski definition) is 7. The normalized spacial score (nSPS) is 16.6. The molecular weight excluding hydrogens is 294 g/mol. The molecule has 0 spiro atoms. The van der Waals surface area contributed by atoms with Crippen LogP contribution in [-0.2, 0) is 22.8 Å². The highest BCUT2D eigenvalue weighted by Gasteiger charge is 2.38. The first-order chi connectivity index (χ1) is 7.86. The van der Waals surface area contributed by atoms with Crippen molar-refractivity contribution in [2.45, 2.75) is 20.0 Å². The van der Waals surface area contributed by atoms with E-state index in [2.05, 4.69) is 8.83 Å². The van der Waals surface area contributed by atoms with Crippen molar-refractivity contribution in [3.63, 3.8) is 0 Å². The van der Waals surface area contributed by atoms with Crippen LogP contribution in [0.2, 0.25) is 0 Å². The number of phosphoric acid groups is 2. The molecule has 0 aromatic carbocycles. The van der Waals surface area contributed by atoms with Crippen LogP contribution >= 0.6 is 15.6 Å². The first-order valence-corrected chi connectivity index (χ1v) is 7.26. The van der Waals surface area contributed by atoms with E-state index >= 15 is 0 Å². The van der Waals surface area contributed by atoms with Crippen molar-refractivity contribution in [1.82, 2.24) is 0 Å². The molecular formula is C6H12O10P2. The lowest BCUT2D eigenvalue weighted by atomic mass is 10.2. The second-order valence-corrected chi connectivity index (χ2v) is 5.99. The summed E-state index contributed by atoms with van der Waals surface area (Å²) in [6.07, 6.45) is -2.27. The van der Waals surface area contributed by atoms with Crippen LogP contribution in [-0.4, -0.2) is 37.0 Å². The monoisotopic (exact) mass is 306 g/mol. The average Bonchev–Trinajstić information content (AvgIpc) is 2.10. The molecule has 0 radical (unpaired) electrons. The lowest BCUT2D eigenvalue weighted by molar-refractivity contribution is -0.144. The Kier molecular flexibility index (Phi) is 5.70. The van der Waals surface area contributed by atoms with E-state index < -0.39 is 33.5 Å². The molecule has 2 unspecified atom stereocenters. The zero-order chi connectivity index (χ0) is 14.7. The third-order valence-corrected chi connectivity index (χ3v) is 3.50. The highest BCUT2D eigenvalue weighted by molar-refractivity contribution is 7.61. The summed E-state index contributed by atoms with van der Waals surface area (Å²) in [5, 5.41) is 18.3. The molecule has 10 nitrogen and oxygen atoms in total. The van der Waals surface area contributed by atoms with Gasteiger partial charge in [0, 0.05) is 0 Å². The Balaban J connectivity index is 4.83. The summed E-state index contributed by atoms with van der Waals surface area (Å²) in [6, 6.07) is 0. The molecule has 106 valence electrons. The third kappa shape index (κ3) is 6.27. The van der Waals surface area contributed by atoms with Crippen molar-refractivity contribution < 1.29 is 47.7 Å². The van der Waals surface area contributed by atoms with Crippen molar-refractivity contribution >= 4 is 21.6 Å². The van der Waals surface area contributed by atoms with E-state index in [-0.39, 0.29) is 5.57 Å². The van der Waals surface area contributed by atoms with E-state index in [1.54, 1.807) is 0 Å². The Morgan fingerprint density at radius 3 is 1.94 bits per heavy atom. The number of phosphoric ester groups is 1. The molecule has 0 aromatic heterocycles. The van der Waals surface area contributed by atoms with Gasteiger partial charge in [0.1, 0.15) is 5.76 Å². The van der Waals surface area contributed by atoms with Crippen LogP contribution in [0.1, 0.15) is 13.8 Å². The molecule has 5 N–H and O–H groups in total. The van der Waals surface area contributed by atoms with Gasteiger partial charge in [-0.2, -0.15) is 4.31 Å². The Bertz CT molecular complexity index is 443. The van der Waals surface area contributed by atoms with Gasteiger partial charge < -0.3 is 24.5 Å². The van der Waals surface area contributed by atoms with Crippen LogP contribution in [0.25, 0.3) is 0 Å². The molecule has 0 heterocycles. The van der Waals surface area contributed by atoms with Crippen molar-refractivity contribution in [2.75, 3.05) is 0 Å². The maximum atomic E-state index is 11.1. The molecule has 0 aliphatic heterocycles. The van der Waals surface area contributed by atoms with Gasteiger partial charge in [0.05, 0.1) is 0 Å². The average molecular weight is 306 g/mol. The molecule has 0 bridgehead atoms. The van der Waals surface area contributed by atoms with Gasteiger partial charge in [-0.15, -0.1) is 0 Å². The molecule has 0 aliphatic rings. The fourth-order valence-corrected chi connectivity index (χ4v) is 2.24. The second kappa shape index (κ2) is 5.94. The van der Waals surface area contributed by atoms with Crippen molar-refractivity contribution in [3.05, 3.63) is 11.3 Å². The van der Waals surface area contributed by atoms with Crippen LogP contribution in [0.15, 0.2) is 11.3 Å². The lowest BCUT2D eigenvalue weighted by Gasteiger charge is -2.14. The third-order valence-electron chi connectivity index (χ3n) is 1.41. The predicted molar refractivity (Wildman–Crippen MR) is 56.1 cm³/mol. The first-order valence-electron chi connectivity index (χ1n) is 4.23. The van der Waals surface area contributed by atoms with Gasteiger partial charge in [0.25, 0.3) is 0 Å². The van der Waals surface area contributed by atoms with Crippen molar-refractivity contribution in [2.24, 2.45) is 0 Å². The minimum atomic E-state index is -5.40. The van der Waals surface area contributed by atoms with Crippen LogP contribution in [0, 0.1) is 0 Å². The van der Waals surface area contributed by atoms with E-state index in [1.807, 2.05) is 0 Å². The summed E-state index contributed by atoms with van der Waals surface area (Å²) in [7, 11) is -10.8. The number of carbonyl (C=O) groups excluding carboxylic acids is 1. The van der Waals surface area contributed by atoms with Crippen LogP contribution in [0.5, 0.6) is 0 Å². The quantitative estimate of drug-likeness (QED) is 0.342. The molecule has 0 rings (SSSR count). The smallest absolute Gasteiger partial charge is 0.509 e. The summed E-state index contributed by atoms with van der Waals surface area (Å²) in [5.41, 5.74) is 0.128. The zero-order valence-corrected chi connectivity index (χ0v) is 11.0. The standard InChI is InChI=1S/C6H12O10P2/c1-3(2)4(7)5(8)6(9)15-18(13,14)16-17(10,11)12/h5,7-8H,1-2H3,(H,13,14)(H2,10,11,12).